The van der Waals surface area contributed by atoms with Crippen molar-refractivity contribution in [3.63, 3.8) is 0 Å². The molecule has 1 aromatic heterocycles. The minimum Gasteiger partial charge on any atom is -0.399 e. The van der Waals surface area contributed by atoms with Crippen molar-refractivity contribution >= 4 is 22.5 Å². The highest BCUT2D eigenvalue weighted by molar-refractivity contribution is 6.07. The molecule has 0 radical (unpaired) electrons. The van der Waals surface area contributed by atoms with Gasteiger partial charge in [0.2, 0.25) is 0 Å². The molecule has 2 aromatic rings. The van der Waals surface area contributed by atoms with Crippen LogP contribution in [0.15, 0.2) is 24.4 Å². The number of anilines is 1. The molecule has 0 bridgehead atoms. The van der Waals surface area contributed by atoms with E-state index < -0.39 is 0 Å². The zero-order valence-electron chi connectivity index (χ0n) is 12.6. The summed E-state index contributed by atoms with van der Waals surface area (Å²) in [5, 5.41) is 3.93. The summed E-state index contributed by atoms with van der Waals surface area (Å²) in [4.78, 5) is 15.4. The van der Waals surface area contributed by atoms with Gasteiger partial charge in [0, 0.05) is 29.3 Å². The molecule has 2 rings (SSSR count). The van der Waals surface area contributed by atoms with Crippen LogP contribution >= 0.6 is 0 Å². The summed E-state index contributed by atoms with van der Waals surface area (Å²) >= 11 is 0. The monoisotopic (exact) mass is 273 g/mol. The van der Waals surface area contributed by atoms with E-state index in [2.05, 4.69) is 38.0 Å². The Kier molecular flexibility index (Phi) is 3.75. The highest BCUT2D eigenvalue weighted by atomic mass is 16.1. The van der Waals surface area contributed by atoms with Crippen LogP contribution in [-0.4, -0.2) is 17.4 Å². The van der Waals surface area contributed by atoms with Crippen LogP contribution in [0.3, 0.4) is 0 Å². The van der Waals surface area contributed by atoms with Crippen LogP contribution in [0.2, 0.25) is 0 Å². The van der Waals surface area contributed by atoms with Crippen LogP contribution in [0.5, 0.6) is 0 Å². The molecule has 0 aliphatic rings. The summed E-state index contributed by atoms with van der Waals surface area (Å²) in [6.45, 7) is 9.31. The first-order valence-electron chi connectivity index (χ1n) is 6.96. The van der Waals surface area contributed by atoms with E-state index in [1.54, 1.807) is 6.20 Å². The molecule has 0 aliphatic carbocycles. The number of aromatic amines is 1. The zero-order valence-corrected chi connectivity index (χ0v) is 12.6. The standard InChI is InChI=1S/C16H23N3O/c1-10(2)16(3,4)9-19-15(20)13-8-18-14-7-11(17)5-6-12(13)14/h5-8,10,18H,9,17H2,1-4H3,(H,19,20). The molecule has 0 fully saturated rings. The Balaban J connectivity index is 2.16. The van der Waals surface area contributed by atoms with Crippen LogP contribution < -0.4 is 11.1 Å². The SMILES string of the molecule is CC(C)C(C)(C)CNC(=O)c1c[nH]c2cc(N)ccc12. The van der Waals surface area contributed by atoms with Crippen molar-refractivity contribution in [1.82, 2.24) is 10.3 Å². The van der Waals surface area contributed by atoms with Gasteiger partial charge in [0.25, 0.3) is 5.91 Å². The molecule has 0 saturated carbocycles. The van der Waals surface area contributed by atoms with Crippen molar-refractivity contribution in [3.8, 4) is 0 Å². The lowest BCUT2D eigenvalue weighted by Gasteiger charge is -2.29. The minimum atomic E-state index is -0.0465. The number of hydrogen-bond acceptors (Lipinski definition) is 2. The topological polar surface area (TPSA) is 70.9 Å². The lowest BCUT2D eigenvalue weighted by atomic mass is 9.81. The van der Waals surface area contributed by atoms with Gasteiger partial charge in [0.1, 0.15) is 0 Å². The average Bonchev–Trinajstić information content (AvgIpc) is 2.78. The number of nitrogens with two attached hydrogens (primary N) is 1. The Hall–Kier alpha value is -1.97. The van der Waals surface area contributed by atoms with Crippen LogP contribution in [0.25, 0.3) is 10.9 Å². The van der Waals surface area contributed by atoms with E-state index in [9.17, 15) is 4.79 Å². The number of carbonyl (C=O) groups excluding carboxylic acids is 1. The maximum absolute atomic E-state index is 12.3. The van der Waals surface area contributed by atoms with E-state index in [1.165, 1.54) is 0 Å². The van der Waals surface area contributed by atoms with Gasteiger partial charge in [-0.15, -0.1) is 0 Å². The molecule has 0 saturated heterocycles. The van der Waals surface area contributed by atoms with E-state index in [1.807, 2.05) is 18.2 Å². The van der Waals surface area contributed by atoms with Crippen molar-refractivity contribution in [2.24, 2.45) is 11.3 Å². The Morgan fingerprint density at radius 2 is 2.10 bits per heavy atom. The highest BCUT2D eigenvalue weighted by Gasteiger charge is 2.23. The number of nitrogens with one attached hydrogen (secondary N) is 2. The maximum Gasteiger partial charge on any atom is 0.253 e. The number of nitrogen functional groups attached to an aromatic ring is 1. The molecular formula is C16H23N3O. The molecule has 0 unspecified atom stereocenters. The third-order valence-electron chi connectivity index (χ3n) is 4.22. The third-order valence-corrected chi connectivity index (χ3v) is 4.22. The number of hydrogen-bond donors (Lipinski definition) is 3. The molecule has 4 heteroatoms. The lowest BCUT2D eigenvalue weighted by Crippen LogP contribution is -2.36. The fourth-order valence-electron chi connectivity index (χ4n) is 1.94. The zero-order chi connectivity index (χ0) is 14.9. The van der Waals surface area contributed by atoms with Crippen LogP contribution in [0.1, 0.15) is 38.1 Å². The average molecular weight is 273 g/mol. The molecule has 108 valence electrons. The molecule has 0 spiro atoms. The molecule has 4 nitrogen and oxygen atoms in total. The van der Waals surface area contributed by atoms with Crippen molar-refractivity contribution in [2.75, 3.05) is 12.3 Å². The maximum atomic E-state index is 12.3. The summed E-state index contributed by atoms with van der Waals surface area (Å²) in [7, 11) is 0. The Morgan fingerprint density at radius 3 is 2.75 bits per heavy atom. The van der Waals surface area contributed by atoms with Gasteiger partial charge in [0.05, 0.1) is 5.56 Å². The van der Waals surface area contributed by atoms with Crippen molar-refractivity contribution < 1.29 is 4.79 Å². The second-order valence-electron chi connectivity index (χ2n) is 6.33. The highest BCUT2D eigenvalue weighted by Crippen LogP contribution is 2.25. The molecule has 1 amide bonds. The van der Waals surface area contributed by atoms with E-state index in [0.29, 0.717) is 23.7 Å². The summed E-state index contributed by atoms with van der Waals surface area (Å²) < 4.78 is 0. The number of aromatic nitrogens is 1. The van der Waals surface area contributed by atoms with Crippen molar-refractivity contribution in [3.05, 3.63) is 30.0 Å². The van der Waals surface area contributed by atoms with Crippen molar-refractivity contribution in [1.29, 1.82) is 0 Å². The molecule has 20 heavy (non-hydrogen) atoms. The molecule has 0 aliphatic heterocycles. The number of amides is 1. The van der Waals surface area contributed by atoms with Crippen LogP contribution in [0, 0.1) is 11.3 Å². The first-order valence-corrected chi connectivity index (χ1v) is 6.96. The number of fused-ring (bicyclic) bond motifs is 1. The molecule has 1 aromatic carbocycles. The summed E-state index contributed by atoms with van der Waals surface area (Å²) in [5.41, 5.74) is 8.05. The van der Waals surface area contributed by atoms with Crippen molar-refractivity contribution in [2.45, 2.75) is 27.7 Å². The quantitative estimate of drug-likeness (QED) is 0.749. The van der Waals surface area contributed by atoms with E-state index >= 15 is 0 Å². The fourth-order valence-corrected chi connectivity index (χ4v) is 1.94. The lowest BCUT2D eigenvalue weighted by molar-refractivity contribution is 0.0926. The van der Waals surface area contributed by atoms with Crippen LogP contribution in [-0.2, 0) is 0 Å². The second-order valence-corrected chi connectivity index (χ2v) is 6.33. The van der Waals surface area contributed by atoms with Gasteiger partial charge in [-0.3, -0.25) is 4.79 Å². The number of benzene rings is 1. The first kappa shape index (κ1) is 14.4. The number of carbonyl (C=O) groups is 1. The van der Waals surface area contributed by atoms with Gasteiger partial charge in [0.15, 0.2) is 0 Å². The Bertz CT molecular complexity index is 626. The largest absolute Gasteiger partial charge is 0.399 e. The van der Waals surface area contributed by atoms with Gasteiger partial charge in [-0.05, 0) is 29.5 Å². The van der Waals surface area contributed by atoms with Crippen LogP contribution in [0.4, 0.5) is 5.69 Å². The second kappa shape index (κ2) is 5.19. The predicted molar refractivity (Wildman–Crippen MR) is 83.7 cm³/mol. The van der Waals surface area contributed by atoms with E-state index in [4.69, 9.17) is 5.73 Å². The number of H-pyrrole nitrogens is 1. The smallest absolute Gasteiger partial charge is 0.253 e. The fraction of sp³-hybridized carbons (Fsp3) is 0.438. The van der Waals surface area contributed by atoms with Gasteiger partial charge in [-0.25, -0.2) is 0 Å². The Labute approximate surface area is 119 Å². The summed E-state index contributed by atoms with van der Waals surface area (Å²) in [5.74, 6) is 0.459. The van der Waals surface area contributed by atoms with E-state index in [0.717, 1.165) is 10.9 Å². The summed E-state index contributed by atoms with van der Waals surface area (Å²) in [6, 6.07) is 5.53. The predicted octanol–water partition coefficient (Wildman–Crippen LogP) is 3.16. The van der Waals surface area contributed by atoms with Gasteiger partial charge >= 0.3 is 0 Å². The Morgan fingerprint density at radius 1 is 1.40 bits per heavy atom. The van der Waals surface area contributed by atoms with Gasteiger partial charge < -0.3 is 16.0 Å². The van der Waals surface area contributed by atoms with E-state index in [-0.39, 0.29) is 11.3 Å². The molecule has 4 N–H and O–H groups in total. The molecule has 0 atom stereocenters. The molecular weight excluding hydrogens is 250 g/mol. The first-order chi connectivity index (χ1) is 9.31. The normalized spacial score (nSPS) is 12.1. The third kappa shape index (κ3) is 2.79. The number of rotatable bonds is 4. The molecule has 1 heterocycles. The summed E-state index contributed by atoms with van der Waals surface area (Å²) in [6.07, 6.45) is 1.74. The van der Waals surface area contributed by atoms with Gasteiger partial charge in [-0.2, -0.15) is 0 Å². The van der Waals surface area contributed by atoms with Gasteiger partial charge in [-0.1, -0.05) is 27.7 Å². The minimum absolute atomic E-state index is 0.0465.